The average Bonchev–Trinajstić information content (AvgIpc) is 3.02. The van der Waals surface area contributed by atoms with Crippen LogP contribution in [0.3, 0.4) is 0 Å². The van der Waals surface area contributed by atoms with Crippen LogP contribution in [-0.4, -0.2) is 66.4 Å². The summed E-state index contributed by atoms with van der Waals surface area (Å²) in [6.07, 6.45) is 6.82. The Morgan fingerprint density at radius 3 is 2.85 bits per heavy atom. The number of hydrogen-bond donors (Lipinski definition) is 0. The summed E-state index contributed by atoms with van der Waals surface area (Å²) >= 11 is 0. The fraction of sp³-hybridized carbons (Fsp3) is 0.769. The number of aromatic nitrogens is 2. The highest BCUT2D eigenvalue weighted by molar-refractivity contribution is 7.89. The maximum atomic E-state index is 11.7. The first-order chi connectivity index (χ1) is 9.49. The number of likely N-dealkylation sites (tertiary alicyclic amines) is 1. The number of nitrogens with zero attached hydrogens (tertiary/aromatic N) is 4. The van der Waals surface area contributed by atoms with Gasteiger partial charge in [-0.15, -0.1) is 0 Å². The van der Waals surface area contributed by atoms with Gasteiger partial charge in [-0.25, -0.2) is 12.7 Å². The molecule has 1 atom stereocenters. The molecular formula is C13H24N4O2S. The quantitative estimate of drug-likeness (QED) is 0.741. The molecule has 0 unspecified atom stereocenters. The van der Waals surface area contributed by atoms with E-state index in [0.29, 0.717) is 12.5 Å². The van der Waals surface area contributed by atoms with Crippen molar-refractivity contribution in [2.24, 2.45) is 0 Å². The van der Waals surface area contributed by atoms with Crippen molar-refractivity contribution in [1.29, 1.82) is 0 Å². The fourth-order valence-electron chi connectivity index (χ4n) is 2.65. The molecule has 2 heterocycles. The van der Waals surface area contributed by atoms with E-state index in [1.54, 1.807) is 20.3 Å². The van der Waals surface area contributed by atoms with Crippen molar-refractivity contribution in [3.8, 4) is 0 Å². The van der Waals surface area contributed by atoms with Gasteiger partial charge in [0.2, 0.25) is 10.0 Å². The summed E-state index contributed by atoms with van der Waals surface area (Å²) < 4.78 is 26.7. The van der Waals surface area contributed by atoms with Crippen molar-refractivity contribution in [2.45, 2.75) is 31.8 Å². The second kappa shape index (κ2) is 6.69. The lowest BCUT2D eigenvalue weighted by Crippen LogP contribution is -2.35. The standard InChI is InChI=1S/C13H24N4O2S/c1-15(2)20(18,19)11-5-9-16-8-3-6-13(16)12-17-10-4-7-14-17/h4,7,10,13H,3,5-6,8-9,11-12H2,1-2H3/t13-/m0/s1. The van der Waals surface area contributed by atoms with Crippen LogP contribution in [0.15, 0.2) is 18.5 Å². The molecule has 1 fully saturated rings. The van der Waals surface area contributed by atoms with Crippen molar-refractivity contribution in [3.63, 3.8) is 0 Å². The Hall–Kier alpha value is -0.920. The Morgan fingerprint density at radius 2 is 2.20 bits per heavy atom. The van der Waals surface area contributed by atoms with Crippen molar-refractivity contribution < 1.29 is 8.42 Å². The highest BCUT2D eigenvalue weighted by Crippen LogP contribution is 2.19. The molecule has 1 saturated heterocycles. The lowest BCUT2D eigenvalue weighted by atomic mass is 10.2. The number of rotatable bonds is 7. The zero-order valence-corrected chi connectivity index (χ0v) is 13.1. The van der Waals surface area contributed by atoms with Gasteiger partial charge in [-0.05, 0) is 38.4 Å². The first-order valence-corrected chi connectivity index (χ1v) is 8.71. The predicted octanol–water partition coefficient (Wildman–Crippen LogP) is 0.629. The van der Waals surface area contributed by atoms with E-state index >= 15 is 0 Å². The highest BCUT2D eigenvalue weighted by atomic mass is 32.2. The summed E-state index contributed by atoms with van der Waals surface area (Å²) in [6, 6.07) is 2.42. The maximum absolute atomic E-state index is 11.7. The zero-order chi connectivity index (χ0) is 14.6. The fourth-order valence-corrected chi connectivity index (χ4v) is 3.51. The molecule has 7 heteroatoms. The highest BCUT2D eigenvalue weighted by Gasteiger charge is 2.25. The third-order valence-electron chi connectivity index (χ3n) is 3.86. The van der Waals surface area contributed by atoms with E-state index < -0.39 is 10.0 Å². The molecule has 0 saturated carbocycles. The van der Waals surface area contributed by atoms with Crippen LogP contribution in [0, 0.1) is 0 Å². The molecule has 0 aliphatic carbocycles. The van der Waals surface area contributed by atoms with Gasteiger partial charge in [0.1, 0.15) is 0 Å². The molecule has 114 valence electrons. The van der Waals surface area contributed by atoms with Crippen LogP contribution >= 0.6 is 0 Å². The van der Waals surface area contributed by atoms with Gasteiger partial charge in [-0.1, -0.05) is 0 Å². The molecule has 1 aromatic heterocycles. The molecular weight excluding hydrogens is 276 g/mol. The normalized spacial score (nSPS) is 20.9. The Morgan fingerprint density at radius 1 is 1.40 bits per heavy atom. The minimum atomic E-state index is -3.07. The van der Waals surface area contributed by atoms with E-state index in [4.69, 9.17) is 0 Å². The van der Waals surface area contributed by atoms with E-state index in [-0.39, 0.29) is 5.75 Å². The van der Waals surface area contributed by atoms with Gasteiger partial charge < -0.3 is 0 Å². The minimum absolute atomic E-state index is 0.227. The van der Waals surface area contributed by atoms with Crippen LogP contribution in [0.25, 0.3) is 0 Å². The smallest absolute Gasteiger partial charge is 0.213 e. The Bertz CT molecular complexity index is 498. The van der Waals surface area contributed by atoms with Crippen LogP contribution in [0.5, 0.6) is 0 Å². The second-order valence-corrected chi connectivity index (χ2v) is 7.81. The van der Waals surface area contributed by atoms with Gasteiger partial charge in [-0.2, -0.15) is 5.10 Å². The lowest BCUT2D eigenvalue weighted by Gasteiger charge is -2.24. The first kappa shape index (κ1) is 15.5. The topological polar surface area (TPSA) is 58.4 Å². The van der Waals surface area contributed by atoms with Crippen LogP contribution in [0.2, 0.25) is 0 Å². The van der Waals surface area contributed by atoms with Crippen LogP contribution in [0.4, 0.5) is 0 Å². The second-order valence-electron chi connectivity index (χ2n) is 5.51. The van der Waals surface area contributed by atoms with Gasteiger partial charge in [-0.3, -0.25) is 9.58 Å². The molecule has 1 aliphatic rings. The Labute approximate surface area is 121 Å². The van der Waals surface area contributed by atoms with E-state index in [0.717, 1.165) is 19.6 Å². The monoisotopic (exact) mass is 300 g/mol. The van der Waals surface area contributed by atoms with E-state index in [1.165, 1.54) is 17.1 Å². The molecule has 0 spiro atoms. The largest absolute Gasteiger partial charge is 0.299 e. The Balaban J connectivity index is 1.80. The zero-order valence-electron chi connectivity index (χ0n) is 12.3. The predicted molar refractivity (Wildman–Crippen MR) is 78.9 cm³/mol. The van der Waals surface area contributed by atoms with Crippen molar-refractivity contribution in [1.82, 2.24) is 19.0 Å². The Kier molecular flexibility index (Phi) is 5.17. The molecule has 6 nitrogen and oxygen atoms in total. The first-order valence-electron chi connectivity index (χ1n) is 7.11. The van der Waals surface area contributed by atoms with E-state index in [9.17, 15) is 8.42 Å². The average molecular weight is 300 g/mol. The minimum Gasteiger partial charge on any atom is -0.299 e. The molecule has 20 heavy (non-hydrogen) atoms. The van der Waals surface area contributed by atoms with Crippen LogP contribution < -0.4 is 0 Å². The molecule has 2 rings (SSSR count). The van der Waals surface area contributed by atoms with Crippen molar-refractivity contribution in [3.05, 3.63) is 18.5 Å². The molecule has 0 bridgehead atoms. The van der Waals surface area contributed by atoms with Gasteiger partial charge in [0, 0.05) is 32.5 Å². The summed E-state index contributed by atoms with van der Waals surface area (Å²) in [5, 5.41) is 4.24. The van der Waals surface area contributed by atoms with Crippen molar-refractivity contribution in [2.75, 3.05) is 32.9 Å². The van der Waals surface area contributed by atoms with Crippen LogP contribution in [0.1, 0.15) is 19.3 Å². The molecule has 0 aromatic carbocycles. The van der Waals surface area contributed by atoms with Gasteiger partial charge in [0.05, 0.1) is 12.3 Å². The summed E-state index contributed by atoms with van der Waals surface area (Å²) in [5.74, 6) is 0.227. The summed E-state index contributed by atoms with van der Waals surface area (Å²) in [6.45, 7) is 2.81. The number of hydrogen-bond acceptors (Lipinski definition) is 4. The van der Waals surface area contributed by atoms with Gasteiger partial charge in [0.25, 0.3) is 0 Å². The van der Waals surface area contributed by atoms with Crippen molar-refractivity contribution >= 4 is 10.0 Å². The van der Waals surface area contributed by atoms with Crippen LogP contribution in [-0.2, 0) is 16.6 Å². The van der Waals surface area contributed by atoms with Gasteiger partial charge >= 0.3 is 0 Å². The SMILES string of the molecule is CN(C)S(=O)(=O)CCCN1CCC[C@H]1Cn1cccn1. The van der Waals surface area contributed by atoms with E-state index in [1.807, 2.05) is 16.9 Å². The summed E-state index contributed by atoms with van der Waals surface area (Å²) in [5.41, 5.74) is 0. The molecule has 1 aliphatic heterocycles. The third-order valence-corrected chi connectivity index (χ3v) is 5.78. The maximum Gasteiger partial charge on any atom is 0.213 e. The molecule has 0 amide bonds. The van der Waals surface area contributed by atoms with Gasteiger partial charge in [0.15, 0.2) is 0 Å². The summed E-state index contributed by atoms with van der Waals surface area (Å²) in [7, 11) is 0.110. The van der Waals surface area contributed by atoms with E-state index in [2.05, 4.69) is 10.00 Å². The molecule has 0 N–H and O–H groups in total. The summed E-state index contributed by atoms with van der Waals surface area (Å²) in [4.78, 5) is 2.40. The molecule has 0 radical (unpaired) electrons. The number of sulfonamides is 1. The third kappa shape index (κ3) is 4.04. The molecule has 1 aromatic rings. The lowest BCUT2D eigenvalue weighted by molar-refractivity contribution is 0.227.